The number of hydrogen-bond donors (Lipinski definition) is 2. The van der Waals surface area contributed by atoms with Crippen molar-refractivity contribution in [2.45, 2.75) is 25.4 Å². The molecule has 1 aromatic rings. The summed E-state index contributed by atoms with van der Waals surface area (Å²) in [4.78, 5) is 17.6. The number of amides is 2. The van der Waals surface area contributed by atoms with Gasteiger partial charge in [0.1, 0.15) is 5.82 Å². The Bertz CT molecular complexity index is 423. The molecule has 6 heteroatoms. The second kappa shape index (κ2) is 6.47. The van der Waals surface area contributed by atoms with Gasteiger partial charge in [-0.15, -0.1) is 0 Å². The molecule has 2 N–H and O–H groups in total. The second-order valence-corrected chi connectivity index (χ2v) is 4.77. The quantitative estimate of drug-likeness (QED) is 0.862. The van der Waals surface area contributed by atoms with E-state index in [1.165, 1.54) is 12.3 Å². The monoisotopic (exact) mass is 266 g/mol. The van der Waals surface area contributed by atoms with Crippen molar-refractivity contribution < 1.29 is 9.18 Å². The van der Waals surface area contributed by atoms with Crippen LogP contribution in [-0.4, -0.2) is 42.1 Å². The van der Waals surface area contributed by atoms with E-state index in [0.717, 1.165) is 31.6 Å². The van der Waals surface area contributed by atoms with Crippen molar-refractivity contribution in [3.63, 3.8) is 0 Å². The van der Waals surface area contributed by atoms with Crippen LogP contribution in [0.5, 0.6) is 0 Å². The van der Waals surface area contributed by atoms with Crippen LogP contribution in [0.25, 0.3) is 0 Å². The maximum Gasteiger partial charge on any atom is 0.314 e. The zero-order valence-electron chi connectivity index (χ0n) is 11.0. The molecule has 2 heterocycles. The van der Waals surface area contributed by atoms with E-state index in [1.807, 2.05) is 0 Å². The zero-order chi connectivity index (χ0) is 13.7. The van der Waals surface area contributed by atoms with Gasteiger partial charge in [0.15, 0.2) is 0 Å². The predicted molar refractivity (Wildman–Crippen MR) is 70.1 cm³/mol. The van der Waals surface area contributed by atoms with E-state index >= 15 is 0 Å². The number of carbonyl (C=O) groups excluding carboxylic acids is 1. The summed E-state index contributed by atoms with van der Waals surface area (Å²) in [7, 11) is 1.61. The van der Waals surface area contributed by atoms with Crippen molar-refractivity contribution in [2.75, 3.05) is 20.1 Å². The molecule has 1 unspecified atom stereocenters. The van der Waals surface area contributed by atoms with E-state index in [9.17, 15) is 9.18 Å². The highest BCUT2D eigenvalue weighted by atomic mass is 19.1. The van der Waals surface area contributed by atoms with Crippen molar-refractivity contribution in [3.05, 3.63) is 29.8 Å². The third-order valence-corrected chi connectivity index (χ3v) is 3.24. The van der Waals surface area contributed by atoms with Gasteiger partial charge in [0.25, 0.3) is 0 Å². The molecule has 0 aliphatic carbocycles. The zero-order valence-corrected chi connectivity index (χ0v) is 11.0. The molecule has 104 valence electrons. The number of pyridine rings is 1. The fourth-order valence-electron chi connectivity index (χ4n) is 2.30. The molecule has 0 bridgehead atoms. The molecule has 2 rings (SSSR count). The number of aromatic nitrogens is 1. The van der Waals surface area contributed by atoms with Crippen LogP contribution in [0.1, 0.15) is 18.5 Å². The van der Waals surface area contributed by atoms with Gasteiger partial charge in [-0.3, -0.25) is 9.88 Å². The summed E-state index contributed by atoms with van der Waals surface area (Å²) >= 11 is 0. The van der Waals surface area contributed by atoms with Crippen molar-refractivity contribution in [1.29, 1.82) is 0 Å². The lowest BCUT2D eigenvalue weighted by atomic mass is 10.1. The van der Waals surface area contributed by atoms with Crippen LogP contribution in [0, 0.1) is 5.82 Å². The van der Waals surface area contributed by atoms with Crippen LogP contribution in [0.3, 0.4) is 0 Å². The van der Waals surface area contributed by atoms with Crippen LogP contribution in [0.15, 0.2) is 18.3 Å². The molecule has 0 saturated carbocycles. The maximum atomic E-state index is 12.8. The van der Waals surface area contributed by atoms with E-state index in [1.54, 1.807) is 13.1 Å². The van der Waals surface area contributed by atoms with Crippen LogP contribution in [0.4, 0.5) is 9.18 Å². The first-order valence-electron chi connectivity index (χ1n) is 6.48. The Morgan fingerprint density at radius 2 is 2.42 bits per heavy atom. The molecule has 1 saturated heterocycles. The Hall–Kier alpha value is -1.69. The lowest BCUT2D eigenvalue weighted by Gasteiger charge is -2.32. The number of halogens is 1. The summed E-state index contributed by atoms with van der Waals surface area (Å²) < 4.78 is 12.8. The van der Waals surface area contributed by atoms with Crippen LogP contribution in [0.2, 0.25) is 0 Å². The number of hydrogen-bond acceptors (Lipinski definition) is 3. The smallest absolute Gasteiger partial charge is 0.314 e. The van der Waals surface area contributed by atoms with Gasteiger partial charge in [-0.1, -0.05) is 0 Å². The van der Waals surface area contributed by atoms with Gasteiger partial charge in [-0.25, -0.2) is 9.18 Å². The normalized spacial score (nSPS) is 20.0. The van der Waals surface area contributed by atoms with Crippen molar-refractivity contribution >= 4 is 6.03 Å². The number of urea groups is 1. The summed E-state index contributed by atoms with van der Waals surface area (Å²) in [5, 5.41) is 5.48. The minimum Gasteiger partial charge on any atom is -0.341 e. The van der Waals surface area contributed by atoms with Gasteiger partial charge in [-0.2, -0.15) is 0 Å². The average molecular weight is 266 g/mol. The highest BCUT2D eigenvalue weighted by molar-refractivity contribution is 5.73. The van der Waals surface area contributed by atoms with Gasteiger partial charge in [0.05, 0.1) is 11.9 Å². The Labute approximate surface area is 112 Å². The molecule has 1 aromatic heterocycles. The molecule has 2 amide bonds. The number of rotatable bonds is 3. The fraction of sp³-hybridized carbons (Fsp3) is 0.538. The first-order valence-corrected chi connectivity index (χ1v) is 6.48. The SMILES string of the molecule is CNC(=O)NC1CCCN(Cc2ccc(F)cn2)C1. The predicted octanol–water partition coefficient (Wildman–Crippen LogP) is 1.11. The summed E-state index contributed by atoms with van der Waals surface area (Å²) in [5.41, 5.74) is 0.849. The Balaban J connectivity index is 1.87. The van der Waals surface area contributed by atoms with Crippen LogP contribution in [-0.2, 0) is 6.54 Å². The van der Waals surface area contributed by atoms with E-state index in [4.69, 9.17) is 0 Å². The standard InChI is InChI=1S/C13H19FN4O/c1-15-13(19)17-12-3-2-6-18(9-12)8-11-5-4-10(14)7-16-11/h4-5,7,12H,2-3,6,8-9H2,1H3,(H2,15,17,19). The van der Waals surface area contributed by atoms with Gasteiger partial charge in [-0.05, 0) is 31.5 Å². The second-order valence-electron chi connectivity index (χ2n) is 4.77. The highest BCUT2D eigenvalue weighted by Gasteiger charge is 2.21. The maximum absolute atomic E-state index is 12.8. The largest absolute Gasteiger partial charge is 0.341 e. The van der Waals surface area contributed by atoms with E-state index in [2.05, 4.69) is 20.5 Å². The number of carbonyl (C=O) groups is 1. The highest BCUT2D eigenvalue weighted by Crippen LogP contribution is 2.13. The summed E-state index contributed by atoms with van der Waals surface area (Å²) in [5.74, 6) is -0.318. The molecule has 1 aliphatic heterocycles. The Morgan fingerprint density at radius 3 is 3.11 bits per heavy atom. The van der Waals surface area contributed by atoms with E-state index in [-0.39, 0.29) is 17.9 Å². The fourth-order valence-corrected chi connectivity index (χ4v) is 2.30. The molecule has 1 aliphatic rings. The minimum atomic E-state index is -0.318. The topological polar surface area (TPSA) is 57.3 Å². The van der Waals surface area contributed by atoms with Crippen LogP contribution >= 0.6 is 0 Å². The van der Waals surface area contributed by atoms with Crippen molar-refractivity contribution in [3.8, 4) is 0 Å². The number of likely N-dealkylation sites (tertiary alicyclic amines) is 1. The molecular weight excluding hydrogens is 247 g/mol. The third kappa shape index (κ3) is 4.17. The average Bonchev–Trinajstić information content (AvgIpc) is 2.42. The minimum absolute atomic E-state index is 0.147. The van der Waals surface area contributed by atoms with Crippen molar-refractivity contribution in [2.24, 2.45) is 0 Å². The molecule has 1 atom stereocenters. The summed E-state index contributed by atoms with van der Waals surface area (Å²) in [6, 6.07) is 3.14. The van der Waals surface area contributed by atoms with Gasteiger partial charge in [0.2, 0.25) is 0 Å². The van der Waals surface area contributed by atoms with E-state index < -0.39 is 0 Å². The van der Waals surface area contributed by atoms with Crippen LogP contribution < -0.4 is 10.6 Å². The molecule has 1 fully saturated rings. The molecule has 0 radical (unpaired) electrons. The van der Waals surface area contributed by atoms with E-state index in [0.29, 0.717) is 6.54 Å². The molecule has 5 nitrogen and oxygen atoms in total. The molecule has 19 heavy (non-hydrogen) atoms. The summed E-state index contributed by atoms with van der Waals surface area (Å²) in [6.07, 6.45) is 3.26. The Morgan fingerprint density at radius 1 is 1.58 bits per heavy atom. The Kier molecular flexibility index (Phi) is 4.68. The van der Waals surface area contributed by atoms with Crippen molar-refractivity contribution in [1.82, 2.24) is 20.5 Å². The molecular formula is C13H19FN4O. The molecule has 0 aromatic carbocycles. The first kappa shape index (κ1) is 13.7. The lowest BCUT2D eigenvalue weighted by molar-refractivity contribution is 0.179. The molecule has 0 spiro atoms. The lowest BCUT2D eigenvalue weighted by Crippen LogP contribution is -2.49. The number of nitrogens with one attached hydrogen (secondary N) is 2. The number of nitrogens with zero attached hydrogens (tertiary/aromatic N) is 2. The van der Waals surface area contributed by atoms with Gasteiger partial charge < -0.3 is 10.6 Å². The first-order chi connectivity index (χ1) is 9.17. The third-order valence-electron chi connectivity index (χ3n) is 3.24. The van der Waals surface area contributed by atoms with Gasteiger partial charge >= 0.3 is 6.03 Å². The summed E-state index contributed by atoms with van der Waals surface area (Å²) in [6.45, 7) is 2.46. The number of piperidine rings is 1. The van der Waals surface area contributed by atoms with Gasteiger partial charge in [0, 0.05) is 26.2 Å².